The zero-order valence-electron chi connectivity index (χ0n) is 12.8. The third kappa shape index (κ3) is 3.97. The normalized spacial score (nSPS) is 18.9. The highest BCUT2D eigenvalue weighted by molar-refractivity contribution is 5.29. The van der Waals surface area contributed by atoms with Crippen molar-refractivity contribution in [1.29, 1.82) is 0 Å². The van der Waals surface area contributed by atoms with E-state index in [1.807, 2.05) is 6.92 Å². The maximum absolute atomic E-state index is 5.66. The Bertz CT molecular complexity index is 382. The fourth-order valence-corrected chi connectivity index (χ4v) is 3.08. The summed E-state index contributed by atoms with van der Waals surface area (Å²) in [5.74, 6) is 1.80. The molecule has 1 heterocycles. The van der Waals surface area contributed by atoms with Crippen molar-refractivity contribution in [2.75, 3.05) is 26.2 Å². The van der Waals surface area contributed by atoms with Crippen molar-refractivity contribution in [1.82, 2.24) is 4.90 Å². The molecule has 0 saturated carbocycles. The van der Waals surface area contributed by atoms with Crippen LogP contribution in [-0.2, 0) is 0 Å². The summed E-state index contributed by atoms with van der Waals surface area (Å²) in [7, 11) is 0. The summed E-state index contributed by atoms with van der Waals surface area (Å²) < 4.78 is 5.50. The second-order valence-electron chi connectivity index (χ2n) is 5.73. The van der Waals surface area contributed by atoms with E-state index in [9.17, 15) is 0 Å². The minimum Gasteiger partial charge on any atom is -0.494 e. The largest absolute Gasteiger partial charge is 0.494 e. The van der Waals surface area contributed by atoms with Gasteiger partial charge in [-0.3, -0.25) is 4.90 Å². The van der Waals surface area contributed by atoms with E-state index in [2.05, 4.69) is 36.1 Å². The van der Waals surface area contributed by atoms with Crippen molar-refractivity contribution in [2.45, 2.75) is 39.2 Å². The Kier molecular flexibility index (Phi) is 5.86. The van der Waals surface area contributed by atoms with Gasteiger partial charge in [-0.1, -0.05) is 12.1 Å². The summed E-state index contributed by atoms with van der Waals surface area (Å²) in [6.45, 7) is 8.27. The molecule has 0 amide bonds. The Morgan fingerprint density at radius 3 is 2.45 bits per heavy atom. The first-order valence-corrected chi connectivity index (χ1v) is 7.91. The Balaban J connectivity index is 1.89. The topological polar surface area (TPSA) is 38.5 Å². The second-order valence-corrected chi connectivity index (χ2v) is 5.73. The van der Waals surface area contributed by atoms with Crippen LogP contribution in [0.15, 0.2) is 24.3 Å². The molecule has 2 N–H and O–H groups in total. The summed E-state index contributed by atoms with van der Waals surface area (Å²) >= 11 is 0. The van der Waals surface area contributed by atoms with Gasteiger partial charge in [0.2, 0.25) is 0 Å². The number of nitrogens with two attached hydrogens (primary N) is 1. The lowest BCUT2D eigenvalue weighted by Crippen LogP contribution is -2.36. The summed E-state index contributed by atoms with van der Waals surface area (Å²) in [5, 5.41) is 0. The van der Waals surface area contributed by atoms with Gasteiger partial charge >= 0.3 is 0 Å². The number of nitrogens with zero attached hydrogens (tertiary/aromatic N) is 1. The highest BCUT2D eigenvalue weighted by Crippen LogP contribution is 2.28. The van der Waals surface area contributed by atoms with E-state index in [1.54, 1.807) is 0 Å². The molecule has 0 spiro atoms. The standard InChI is InChI=1S/C17H28N2O/c1-3-20-17-6-4-16(5-7-17)14(2)19-12-9-15(8-11-18)10-13-19/h4-7,14-15H,3,8-13,18H2,1-2H3. The first-order chi connectivity index (χ1) is 9.74. The monoisotopic (exact) mass is 276 g/mol. The van der Waals surface area contributed by atoms with Crippen LogP contribution in [0.1, 0.15) is 44.7 Å². The van der Waals surface area contributed by atoms with E-state index in [1.165, 1.54) is 37.9 Å². The molecule has 1 aliphatic heterocycles. The van der Waals surface area contributed by atoms with Gasteiger partial charge in [0.1, 0.15) is 5.75 Å². The van der Waals surface area contributed by atoms with Gasteiger partial charge in [0, 0.05) is 6.04 Å². The van der Waals surface area contributed by atoms with Crippen molar-refractivity contribution in [2.24, 2.45) is 11.7 Å². The molecule has 0 radical (unpaired) electrons. The average Bonchev–Trinajstić information content (AvgIpc) is 2.49. The number of hydrogen-bond donors (Lipinski definition) is 1. The van der Waals surface area contributed by atoms with Crippen LogP contribution in [0.25, 0.3) is 0 Å². The van der Waals surface area contributed by atoms with Crippen molar-refractivity contribution in [3.8, 4) is 5.75 Å². The predicted octanol–water partition coefficient (Wildman–Crippen LogP) is 3.21. The Morgan fingerprint density at radius 2 is 1.90 bits per heavy atom. The Labute approximate surface area is 123 Å². The minimum absolute atomic E-state index is 0.490. The zero-order chi connectivity index (χ0) is 14.4. The zero-order valence-corrected chi connectivity index (χ0v) is 12.8. The molecule has 1 aromatic rings. The lowest BCUT2D eigenvalue weighted by Gasteiger charge is -2.36. The Morgan fingerprint density at radius 1 is 1.25 bits per heavy atom. The fraction of sp³-hybridized carbons (Fsp3) is 0.647. The molecule has 1 unspecified atom stereocenters. The number of ether oxygens (including phenoxy) is 1. The molecule has 1 atom stereocenters. The van der Waals surface area contributed by atoms with Crippen molar-refractivity contribution < 1.29 is 4.74 Å². The van der Waals surface area contributed by atoms with E-state index >= 15 is 0 Å². The molecule has 0 aliphatic carbocycles. The van der Waals surface area contributed by atoms with Crippen LogP contribution in [0.2, 0.25) is 0 Å². The lowest BCUT2D eigenvalue weighted by atomic mass is 9.92. The minimum atomic E-state index is 0.490. The SMILES string of the molecule is CCOc1ccc(C(C)N2CCC(CCN)CC2)cc1. The molecule has 3 heteroatoms. The van der Waals surface area contributed by atoms with E-state index in [4.69, 9.17) is 10.5 Å². The van der Waals surface area contributed by atoms with Gasteiger partial charge < -0.3 is 10.5 Å². The molecule has 20 heavy (non-hydrogen) atoms. The van der Waals surface area contributed by atoms with Gasteiger partial charge in [-0.2, -0.15) is 0 Å². The van der Waals surface area contributed by atoms with Gasteiger partial charge in [0.05, 0.1) is 6.61 Å². The van der Waals surface area contributed by atoms with E-state index < -0.39 is 0 Å². The van der Waals surface area contributed by atoms with Gasteiger partial charge in [-0.25, -0.2) is 0 Å². The van der Waals surface area contributed by atoms with E-state index in [0.717, 1.165) is 24.8 Å². The second kappa shape index (κ2) is 7.65. The first kappa shape index (κ1) is 15.3. The number of rotatable bonds is 6. The third-order valence-corrected chi connectivity index (χ3v) is 4.45. The molecule has 1 aromatic carbocycles. The molecular formula is C17H28N2O. The summed E-state index contributed by atoms with van der Waals surface area (Å²) in [6, 6.07) is 9.04. The van der Waals surface area contributed by atoms with Crippen LogP contribution < -0.4 is 10.5 Å². The first-order valence-electron chi connectivity index (χ1n) is 7.91. The van der Waals surface area contributed by atoms with Crippen molar-refractivity contribution in [3.05, 3.63) is 29.8 Å². The molecule has 0 aromatic heterocycles. The summed E-state index contributed by atoms with van der Waals surface area (Å²) in [6.07, 6.45) is 3.77. The number of piperidine rings is 1. The highest BCUT2D eigenvalue weighted by Gasteiger charge is 2.22. The molecule has 0 bridgehead atoms. The predicted molar refractivity (Wildman–Crippen MR) is 84.0 cm³/mol. The van der Waals surface area contributed by atoms with Crippen LogP contribution in [0, 0.1) is 5.92 Å². The lowest BCUT2D eigenvalue weighted by molar-refractivity contribution is 0.138. The van der Waals surface area contributed by atoms with Crippen molar-refractivity contribution >= 4 is 0 Å². The van der Waals surface area contributed by atoms with Crippen LogP contribution in [0.4, 0.5) is 0 Å². The van der Waals surface area contributed by atoms with Gasteiger partial charge in [-0.15, -0.1) is 0 Å². The smallest absolute Gasteiger partial charge is 0.119 e. The number of likely N-dealkylation sites (tertiary alicyclic amines) is 1. The maximum atomic E-state index is 5.66. The van der Waals surface area contributed by atoms with Crippen LogP contribution in [-0.4, -0.2) is 31.1 Å². The fourth-order valence-electron chi connectivity index (χ4n) is 3.08. The third-order valence-electron chi connectivity index (χ3n) is 4.45. The van der Waals surface area contributed by atoms with Gasteiger partial charge in [0.25, 0.3) is 0 Å². The number of hydrogen-bond acceptors (Lipinski definition) is 3. The molecule has 112 valence electrons. The summed E-state index contributed by atoms with van der Waals surface area (Å²) in [5.41, 5.74) is 7.04. The highest BCUT2D eigenvalue weighted by atomic mass is 16.5. The Hall–Kier alpha value is -1.06. The average molecular weight is 276 g/mol. The van der Waals surface area contributed by atoms with Crippen LogP contribution >= 0.6 is 0 Å². The molecular weight excluding hydrogens is 248 g/mol. The molecule has 1 fully saturated rings. The molecule has 3 nitrogen and oxygen atoms in total. The molecule has 2 rings (SSSR count). The molecule has 1 aliphatic rings. The van der Waals surface area contributed by atoms with Crippen LogP contribution in [0.5, 0.6) is 5.75 Å². The maximum Gasteiger partial charge on any atom is 0.119 e. The summed E-state index contributed by atoms with van der Waals surface area (Å²) in [4.78, 5) is 2.59. The van der Waals surface area contributed by atoms with Gasteiger partial charge in [-0.05, 0) is 76.4 Å². The van der Waals surface area contributed by atoms with Crippen molar-refractivity contribution in [3.63, 3.8) is 0 Å². The quantitative estimate of drug-likeness (QED) is 0.867. The molecule has 1 saturated heterocycles. The van der Waals surface area contributed by atoms with Gasteiger partial charge in [0.15, 0.2) is 0 Å². The van der Waals surface area contributed by atoms with Crippen LogP contribution in [0.3, 0.4) is 0 Å². The van der Waals surface area contributed by atoms with E-state index in [-0.39, 0.29) is 0 Å². The number of benzene rings is 1. The van der Waals surface area contributed by atoms with E-state index in [0.29, 0.717) is 6.04 Å².